The first-order valence-electron chi connectivity index (χ1n) is 9.19. The summed E-state index contributed by atoms with van der Waals surface area (Å²) >= 11 is 1.71. The van der Waals surface area contributed by atoms with Gasteiger partial charge in [-0.2, -0.15) is 0 Å². The first-order valence-corrected chi connectivity index (χ1v) is 10.1. The van der Waals surface area contributed by atoms with Crippen LogP contribution in [0.15, 0.2) is 5.38 Å². The maximum atomic E-state index is 12.4. The summed E-state index contributed by atoms with van der Waals surface area (Å²) < 4.78 is 10.9. The molecule has 3 saturated heterocycles. The Morgan fingerprint density at radius 3 is 2.68 bits per heavy atom. The summed E-state index contributed by atoms with van der Waals surface area (Å²) in [6.45, 7) is 8.45. The van der Waals surface area contributed by atoms with Crippen molar-refractivity contribution >= 4 is 22.4 Å². The van der Waals surface area contributed by atoms with Gasteiger partial charge < -0.3 is 19.3 Å². The number of hydrogen-bond acceptors (Lipinski definition) is 7. The van der Waals surface area contributed by atoms with E-state index < -0.39 is 0 Å². The van der Waals surface area contributed by atoms with Crippen molar-refractivity contribution in [2.75, 3.05) is 64.0 Å². The highest BCUT2D eigenvalue weighted by atomic mass is 32.1. The van der Waals surface area contributed by atoms with Crippen molar-refractivity contribution in [2.45, 2.75) is 25.5 Å². The maximum absolute atomic E-state index is 12.4. The van der Waals surface area contributed by atoms with Crippen molar-refractivity contribution in [1.82, 2.24) is 14.8 Å². The van der Waals surface area contributed by atoms with E-state index in [0.717, 1.165) is 89.3 Å². The second-order valence-corrected chi connectivity index (χ2v) is 7.66. The summed E-state index contributed by atoms with van der Waals surface area (Å²) in [6, 6.07) is 0. The van der Waals surface area contributed by atoms with Gasteiger partial charge >= 0.3 is 0 Å². The molecule has 0 aliphatic carbocycles. The third-order valence-electron chi connectivity index (χ3n) is 5.10. The van der Waals surface area contributed by atoms with Gasteiger partial charge in [0.1, 0.15) is 6.10 Å². The molecule has 0 N–H and O–H groups in total. The number of amides is 1. The van der Waals surface area contributed by atoms with Crippen molar-refractivity contribution in [1.29, 1.82) is 0 Å². The molecule has 0 radical (unpaired) electrons. The molecule has 0 saturated carbocycles. The molecular weight excluding hydrogens is 340 g/mol. The van der Waals surface area contributed by atoms with E-state index in [-0.39, 0.29) is 12.0 Å². The number of nitrogens with zero attached hydrogens (tertiary/aromatic N) is 4. The molecule has 0 bridgehead atoms. The average molecular weight is 366 g/mol. The van der Waals surface area contributed by atoms with Gasteiger partial charge in [-0.05, 0) is 12.8 Å². The molecular formula is C17H26N4O3S. The van der Waals surface area contributed by atoms with Crippen LogP contribution < -0.4 is 4.90 Å². The Morgan fingerprint density at radius 1 is 1.16 bits per heavy atom. The van der Waals surface area contributed by atoms with E-state index in [1.165, 1.54) is 0 Å². The highest BCUT2D eigenvalue weighted by Gasteiger charge is 2.30. The van der Waals surface area contributed by atoms with E-state index in [1.54, 1.807) is 11.3 Å². The van der Waals surface area contributed by atoms with Crippen LogP contribution in [0.3, 0.4) is 0 Å². The third-order valence-corrected chi connectivity index (χ3v) is 6.05. The minimum absolute atomic E-state index is 0.171. The molecule has 1 amide bonds. The molecule has 25 heavy (non-hydrogen) atoms. The molecule has 7 nitrogen and oxygen atoms in total. The highest BCUT2D eigenvalue weighted by Crippen LogP contribution is 2.24. The molecule has 0 aromatic carbocycles. The van der Waals surface area contributed by atoms with Crippen LogP contribution in [-0.2, 0) is 20.8 Å². The van der Waals surface area contributed by atoms with Crippen molar-refractivity contribution in [3.05, 3.63) is 11.1 Å². The van der Waals surface area contributed by atoms with Crippen molar-refractivity contribution < 1.29 is 14.3 Å². The lowest BCUT2D eigenvalue weighted by Crippen LogP contribution is -2.51. The van der Waals surface area contributed by atoms with Gasteiger partial charge in [-0.1, -0.05) is 0 Å². The van der Waals surface area contributed by atoms with Crippen LogP contribution in [0, 0.1) is 0 Å². The quantitative estimate of drug-likeness (QED) is 0.786. The number of hydrogen-bond donors (Lipinski definition) is 0. The first kappa shape index (κ1) is 17.2. The highest BCUT2D eigenvalue weighted by molar-refractivity contribution is 7.13. The molecule has 138 valence electrons. The maximum Gasteiger partial charge on any atom is 0.251 e. The monoisotopic (exact) mass is 366 g/mol. The number of rotatable bonds is 4. The fraction of sp³-hybridized carbons (Fsp3) is 0.765. The largest absolute Gasteiger partial charge is 0.379 e. The van der Waals surface area contributed by atoms with Crippen LogP contribution in [0.2, 0.25) is 0 Å². The van der Waals surface area contributed by atoms with Crippen LogP contribution in [0.4, 0.5) is 5.13 Å². The van der Waals surface area contributed by atoms with Crippen molar-refractivity contribution in [2.24, 2.45) is 0 Å². The van der Waals surface area contributed by atoms with Crippen LogP contribution in [0.1, 0.15) is 18.5 Å². The second kappa shape index (κ2) is 7.99. The van der Waals surface area contributed by atoms with Gasteiger partial charge in [0, 0.05) is 57.8 Å². The average Bonchev–Trinajstić information content (AvgIpc) is 3.34. The lowest BCUT2D eigenvalue weighted by Gasteiger charge is -2.35. The Kier molecular flexibility index (Phi) is 5.50. The molecule has 3 aliphatic rings. The lowest BCUT2D eigenvalue weighted by molar-refractivity contribution is -0.141. The predicted molar refractivity (Wildman–Crippen MR) is 96.0 cm³/mol. The summed E-state index contributed by atoms with van der Waals surface area (Å²) in [5.41, 5.74) is 1.14. The Balaban J connectivity index is 1.28. The van der Waals surface area contributed by atoms with Gasteiger partial charge in [0.25, 0.3) is 5.91 Å². The number of carbonyl (C=O) groups excluding carboxylic acids is 1. The SMILES string of the molecule is O=C(C1CCCO1)N1CCN(c2nc(CN3CCOCC3)cs2)CC1. The van der Waals surface area contributed by atoms with E-state index in [0.29, 0.717) is 0 Å². The van der Waals surface area contributed by atoms with Gasteiger partial charge in [0.05, 0.1) is 18.9 Å². The molecule has 1 unspecified atom stereocenters. The minimum atomic E-state index is -0.202. The van der Waals surface area contributed by atoms with Gasteiger partial charge in [0.2, 0.25) is 0 Å². The van der Waals surface area contributed by atoms with Crippen LogP contribution in [-0.4, -0.2) is 85.9 Å². The minimum Gasteiger partial charge on any atom is -0.379 e. The third kappa shape index (κ3) is 4.13. The van der Waals surface area contributed by atoms with Crippen LogP contribution in [0.5, 0.6) is 0 Å². The number of thiazole rings is 1. The van der Waals surface area contributed by atoms with Gasteiger partial charge in [-0.15, -0.1) is 11.3 Å². The number of aromatic nitrogens is 1. The summed E-state index contributed by atoms with van der Waals surface area (Å²) in [6.07, 6.45) is 1.67. The zero-order chi connectivity index (χ0) is 17.1. The topological polar surface area (TPSA) is 58.1 Å². The standard InChI is InChI=1S/C17H26N4O3S/c22-16(15-2-1-9-24-15)20-3-5-21(6-4-20)17-18-14(13-25-17)12-19-7-10-23-11-8-19/h13,15H,1-12H2. The number of morpholine rings is 1. The summed E-state index contributed by atoms with van der Waals surface area (Å²) in [7, 11) is 0. The Hall–Kier alpha value is -1.22. The smallest absolute Gasteiger partial charge is 0.251 e. The molecule has 4 heterocycles. The molecule has 3 fully saturated rings. The zero-order valence-corrected chi connectivity index (χ0v) is 15.4. The van der Waals surface area contributed by atoms with E-state index in [9.17, 15) is 4.79 Å². The molecule has 4 rings (SSSR count). The number of anilines is 1. The Morgan fingerprint density at radius 2 is 1.96 bits per heavy atom. The van der Waals surface area contributed by atoms with Gasteiger partial charge in [-0.3, -0.25) is 9.69 Å². The van der Waals surface area contributed by atoms with Crippen molar-refractivity contribution in [3.8, 4) is 0 Å². The number of carbonyl (C=O) groups is 1. The van der Waals surface area contributed by atoms with E-state index in [4.69, 9.17) is 14.5 Å². The first-order chi connectivity index (χ1) is 12.3. The molecule has 0 spiro atoms. The number of ether oxygens (including phenoxy) is 2. The van der Waals surface area contributed by atoms with Gasteiger partial charge in [0.15, 0.2) is 5.13 Å². The summed E-state index contributed by atoms with van der Waals surface area (Å²) in [5, 5.41) is 3.24. The van der Waals surface area contributed by atoms with Gasteiger partial charge in [-0.25, -0.2) is 4.98 Å². The molecule has 3 aliphatic heterocycles. The molecule has 1 atom stereocenters. The summed E-state index contributed by atoms with van der Waals surface area (Å²) in [5.74, 6) is 0.171. The zero-order valence-electron chi connectivity index (χ0n) is 14.6. The Bertz CT molecular complexity index is 576. The fourth-order valence-corrected chi connectivity index (χ4v) is 4.47. The molecule has 1 aromatic rings. The predicted octanol–water partition coefficient (Wildman–Crippen LogP) is 0.803. The van der Waals surface area contributed by atoms with Crippen LogP contribution >= 0.6 is 11.3 Å². The fourth-order valence-electron chi connectivity index (χ4n) is 3.60. The molecule has 8 heteroatoms. The Labute approximate surface area is 152 Å². The lowest BCUT2D eigenvalue weighted by atomic mass is 10.2. The normalized spacial score (nSPS) is 25.5. The number of piperazine rings is 1. The second-order valence-electron chi connectivity index (χ2n) is 6.82. The van der Waals surface area contributed by atoms with E-state index in [2.05, 4.69) is 15.2 Å². The van der Waals surface area contributed by atoms with E-state index >= 15 is 0 Å². The van der Waals surface area contributed by atoms with Crippen molar-refractivity contribution in [3.63, 3.8) is 0 Å². The molecule has 1 aromatic heterocycles. The van der Waals surface area contributed by atoms with E-state index in [1.807, 2.05) is 4.90 Å². The van der Waals surface area contributed by atoms with Crippen LogP contribution in [0.25, 0.3) is 0 Å². The summed E-state index contributed by atoms with van der Waals surface area (Å²) in [4.78, 5) is 23.9.